The van der Waals surface area contributed by atoms with Crippen LogP contribution in [0.3, 0.4) is 0 Å². The summed E-state index contributed by atoms with van der Waals surface area (Å²) in [6.07, 6.45) is 7.70. The number of aromatic amines is 1. The number of hydrogen-bond donors (Lipinski definition) is 1. The first-order valence-electron chi connectivity index (χ1n) is 11.1. The molecule has 2 aliphatic heterocycles. The van der Waals surface area contributed by atoms with Gasteiger partial charge in [0, 0.05) is 50.9 Å². The molecule has 0 saturated carbocycles. The van der Waals surface area contributed by atoms with Crippen LogP contribution >= 0.6 is 0 Å². The lowest BCUT2D eigenvalue weighted by Gasteiger charge is -2.42. The molecule has 1 fully saturated rings. The van der Waals surface area contributed by atoms with Crippen molar-refractivity contribution in [3.05, 3.63) is 84.1 Å². The molecule has 31 heavy (non-hydrogen) atoms. The van der Waals surface area contributed by atoms with Crippen molar-refractivity contribution in [1.29, 1.82) is 0 Å². The smallest absolute Gasteiger partial charge is 0.256 e. The lowest BCUT2D eigenvalue weighted by atomic mass is 9.95. The number of morpholine rings is 1. The van der Waals surface area contributed by atoms with Crippen LogP contribution in [0.4, 0.5) is 0 Å². The van der Waals surface area contributed by atoms with Gasteiger partial charge in [-0.05, 0) is 41.1 Å². The fraction of sp³-hybridized carbons (Fsp3) is 0.346. The number of ether oxygens (including phenoxy) is 1. The van der Waals surface area contributed by atoms with Crippen molar-refractivity contribution in [2.75, 3.05) is 32.8 Å². The SMILES string of the molecule is O=C1N(CCc2ccccc2)CC=CCC12CN(Cc1ccc3[nH]ccc3c1)CCO2. The third kappa shape index (κ3) is 4.29. The van der Waals surface area contributed by atoms with Gasteiger partial charge >= 0.3 is 0 Å². The van der Waals surface area contributed by atoms with Crippen molar-refractivity contribution in [2.45, 2.75) is 25.0 Å². The Kier molecular flexibility index (Phi) is 5.62. The number of hydrogen-bond acceptors (Lipinski definition) is 3. The number of aromatic nitrogens is 1. The predicted octanol–water partition coefficient (Wildman–Crippen LogP) is 3.77. The minimum Gasteiger partial charge on any atom is -0.362 e. The van der Waals surface area contributed by atoms with Gasteiger partial charge in [-0.3, -0.25) is 9.69 Å². The van der Waals surface area contributed by atoms with E-state index in [1.807, 2.05) is 29.3 Å². The summed E-state index contributed by atoms with van der Waals surface area (Å²) in [5.74, 6) is 0.124. The number of rotatable bonds is 5. The highest BCUT2D eigenvalue weighted by Gasteiger charge is 2.45. The zero-order chi connectivity index (χ0) is 21.1. The van der Waals surface area contributed by atoms with Gasteiger partial charge in [0.25, 0.3) is 5.91 Å². The van der Waals surface area contributed by atoms with Crippen molar-refractivity contribution >= 4 is 16.8 Å². The second-order valence-electron chi connectivity index (χ2n) is 8.61. The maximum Gasteiger partial charge on any atom is 0.256 e. The number of nitrogens with zero attached hydrogens (tertiary/aromatic N) is 2. The summed E-state index contributed by atoms with van der Waals surface area (Å²) in [6.45, 7) is 4.24. The summed E-state index contributed by atoms with van der Waals surface area (Å²) < 4.78 is 6.22. The summed E-state index contributed by atoms with van der Waals surface area (Å²) in [7, 11) is 0. The minimum absolute atomic E-state index is 0.124. The normalized spacial score (nSPS) is 22.3. The molecule has 3 heterocycles. The molecule has 1 spiro atoms. The lowest BCUT2D eigenvalue weighted by molar-refractivity contribution is -0.170. The standard InChI is InChI=1S/C26H29N3O2/c30-25-26(12-4-5-14-29(25)15-11-21-6-2-1-3-7-21)20-28(16-17-31-26)19-22-8-9-24-23(18-22)10-13-27-24/h1-10,13,18,27H,11-12,14-17,19-20H2. The van der Waals surface area contributed by atoms with Gasteiger partial charge in [0.05, 0.1) is 6.61 Å². The van der Waals surface area contributed by atoms with Crippen LogP contribution in [-0.2, 0) is 22.5 Å². The van der Waals surface area contributed by atoms with Crippen LogP contribution in [0.5, 0.6) is 0 Å². The topological polar surface area (TPSA) is 48.6 Å². The van der Waals surface area contributed by atoms with Crippen molar-refractivity contribution in [3.63, 3.8) is 0 Å². The lowest BCUT2D eigenvalue weighted by Crippen LogP contribution is -2.60. The van der Waals surface area contributed by atoms with Gasteiger partial charge in [0.2, 0.25) is 0 Å². The van der Waals surface area contributed by atoms with E-state index in [0.29, 0.717) is 32.7 Å². The quantitative estimate of drug-likeness (QED) is 0.646. The molecule has 1 aromatic heterocycles. The van der Waals surface area contributed by atoms with Gasteiger partial charge in [0.1, 0.15) is 0 Å². The second-order valence-corrected chi connectivity index (χ2v) is 8.61. The van der Waals surface area contributed by atoms with Crippen LogP contribution in [-0.4, -0.2) is 59.1 Å². The molecule has 1 saturated heterocycles. The first kappa shape index (κ1) is 20.0. The molecule has 5 nitrogen and oxygen atoms in total. The summed E-state index contributed by atoms with van der Waals surface area (Å²) in [5, 5.41) is 1.22. The van der Waals surface area contributed by atoms with Gasteiger partial charge in [-0.15, -0.1) is 0 Å². The van der Waals surface area contributed by atoms with Crippen molar-refractivity contribution < 1.29 is 9.53 Å². The Bertz CT molecular complexity index is 1070. The van der Waals surface area contributed by atoms with Gasteiger partial charge in [0.15, 0.2) is 5.60 Å². The molecule has 160 valence electrons. The Morgan fingerprint density at radius 3 is 2.84 bits per heavy atom. The second kappa shape index (κ2) is 8.69. The van der Waals surface area contributed by atoms with E-state index >= 15 is 0 Å². The van der Waals surface area contributed by atoms with E-state index in [1.165, 1.54) is 16.5 Å². The average molecular weight is 416 g/mol. The molecule has 5 rings (SSSR count). The average Bonchev–Trinajstić information content (AvgIpc) is 3.21. The molecule has 2 aliphatic rings. The minimum atomic E-state index is -0.778. The fourth-order valence-electron chi connectivity index (χ4n) is 4.74. The highest BCUT2D eigenvalue weighted by molar-refractivity contribution is 5.86. The van der Waals surface area contributed by atoms with E-state index in [4.69, 9.17) is 4.74 Å². The van der Waals surface area contributed by atoms with Crippen molar-refractivity contribution in [3.8, 4) is 0 Å². The number of nitrogens with one attached hydrogen (secondary N) is 1. The van der Waals surface area contributed by atoms with Crippen molar-refractivity contribution in [1.82, 2.24) is 14.8 Å². The molecule has 1 unspecified atom stereocenters. The number of benzene rings is 2. The van der Waals surface area contributed by atoms with Gasteiger partial charge in [-0.2, -0.15) is 0 Å². The van der Waals surface area contributed by atoms with Crippen LogP contribution in [0.2, 0.25) is 0 Å². The number of carbonyl (C=O) groups excluding carboxylic acids is 1. The van der Waals surface area contributed by atoms with E-state index in [2.05, 4.69) is 58.4 Å². The maximum atomic E-state index is 13.6. The molecular formula is C26H29N3O2. The monoisotopic (exact) mass is 415 g/mol. The van der Waals surface area contributed by atoms with E-state index in [1.54, 1.807) is 0 Å². The van der Waals surface area contributed by atoms with Crippen LogP contribution in [0.1, 0.15) is 17.5 Å². The zero-order valence-electron chi connectivity index (χ0n) is 17.8. The third-order valence-electron chi connectivity index (χ3n) is 6.42. The van der Waals surface area contributed by atoms with E-state index in [9.17, 15) is 4.79 Å². The molecule has 1 atom stereocenters. The molecule has 0 bridgehead atoms. The molecule has 3 aromatic rings. The predicted molar refractivity (Wildman–Crippen MR) is 123 cm³/mol. The van der Waals surface area contributed by atoms with Gasteiger partial charge in [-0.25, -0.2) is 0 Å². The maximum absolute atomic E-state index is 13.6. The zero-order valence-corrected chi connectivity index (χ0v) is 17.8. The van der Waals surface area contributed by atoms with Crippen LogP contribution in [0, 0.1) is 0 Å². The first-order valence-corrected chi connectivity index (χ1v) is 11.1. The molecule has 1 amide bonds. The summed E-state index contributed by atoms with van der Waals surface area (Å²) in [6, 6.07) is 19.0. The Morgan fingerprint density at radius 1 is 1.03 bits per heavy atom. The highest BCUT2D eigenvalue weighted by Crippen LogP contribution is 2.29. The third-order valence-corrected chi connectivity index (χ3v) is 6.42. The molecule has 2 aromatic carbocycles. The van der Waals surface area contributed by atoms with E-state index in [0.717, 1.165) is 25.0 Å². The molecule has 5 heteroatoms. The Labute approximate surface area is 183 Å². The van der Waals surface area contributed by atoms with Crippen LogP contribution in [0.15, 0.2) is 72.9 Å². The number of fused-ring (bicyclic) bond motifs is 1. The summed E-state index contributed by atoms with van der Waals surface area (Å²) in [4.78, 5) is 21.2. The molecular weight excluding hydrogens is 386 g/mol. The first-order chi connectivity index (χ1) is 15.2. The molecule has 0 radical (unpaired) electrons. The number of amides is 1. The Hall–Kier alpha value is -2.89. The van der Waals surface area contributed by atoms with Gasteiger partial charge < -0.3 is 14.6 Å². The van der Waals surface area contributed by atoms with E-state index < -0.39 is 5.60 Å². The number of carbonyl (C=O) groups is 1. The molecule has 0 aliphatic carbocycles. The summed E-state index contributed by atoms with van der Waals surface area (Å²) in [5.41, 5.74) is 2.89. The van der Waals surface area contributed by atoms with E-state index in [-0.39, 0.29) is 5.91 Å². The van der Waals surface area contributed by atoms with Crippen molar-refractivity contribution in [2.24, 2.45) is 0 Å². The largest absolute Gasteiger partial charge is 0.362 e. The van der Waals surface area contributed by atoms with Crippen LogP contribution in [0.25, 0.3) is 10.9 Å². The highest BCUT2D eigenvalue weighted by atomic mass is 16.5. The van der Waals surface area contributed by atoms with Crippen LogP contribution < -0.4 is 0 Å². The molecule has 1 N–H and O–H groups in total. The Morgan fingerprint density at radius 2 is 1.94 bits per heavy atom. The van der Waals surface area contributed by atoms with Gasteiger partial charge in [-0.1, -0.05) is 48.6 Å². The summed E-state index contributed by atoms with van der Waals surface area (Å²) >= 11 is 0. The Balaban J connectivity index is 1.29. The fourth-order valence-corrected chi connectivity index (χ4v) is 4.74. The number of H-pyrrole nitrogens is 1.